The summed E-state index contributed by atoms with van der Waals surface area (Å²) in [6.07, 6.45) is 0. The van der Waals surface area contributed by atoms with Crippen LogP contribution in [0, 0.1) is 6.92 Å². The maximum absolute atomic E-state index is 12.0. The van der Waals surface area contributed by atoms with Crippen LogP contribution in [-0.2, 0) is 0 Å². The predicted molar refractivity (Wildman–Crippen MR) is 84.9 cm³/mol. The first-order valence-electron chi connectivity index (χ1n) is 6.14. The van der Waals surface area contributed by atoms with Gasteiger partial charge in [-0.05, 0) is 42.8 Å². The van der Waals surface area contributed by atoms with Gasteiger partial charge in [-0.25, -0.2) is 9.59 Å². The number of urea groups is 1. The fraction of sp³-hybridized carbons (Fsp3) is 0.0667. The van der Waals surface area contributed by atoms with E-state index in [0.717, 1.165) is 4.47 Å². The van der Waals surface area contributed by atoms with Crippen molar-refractivity contribution in [2.75, 3.05) is 10.6 Å². The summed E-state index contributed by atoms with van der Waals surface area (Å²) in [4.78, 5) is 23.1. The highest BCUT2D eigenvalue weighted by atomic mass is 79.9. The lowest BCUT2D eigenvalue weighted by Crippen LogP contribution is -2.21. The van der Waals surface area contributed by atoms with Crippen LogP contribution >= 0.6 is 15.9 Å². The van der Waals surface area contributed by atoms with Gasteiger partial charge in [0.15, 0.2) is 0 Å². The van der Waals surface area contributed by atoms with E-state index < -0.39 is 12.0 Å². The number of amides is 2. The van der Waals surface area contributed by atoms with Gasteiger partial charge in [-0.15, -0.1) is 0 Å². The molecule has 3 N–H and O–H groups in total. The minimum atomic E-state index is -1.09. The Balaban J connectivity index is 2.16. The summed E-state index contributed by atoms with van der Waals surface area (Å²) in [5.41, 5.74) is 1.64. The molecule has 0 spiro atoms. The molecule has 0 atom stereocenters. The number of carboxylic acid groups (broad SMARTS) is 1. The van der Waals surface area contributed by atoms with E-state index in [-0.39, 0.29) is 5.56 Å². The van der Waals surface area contributed by atoms with Gasteiger partial charge in [-0.2, -0.15) is 0 Å². The van der Waals surface area contributed by atoms with Crippen molar-refractivity contribution in [3.05, 3.63) is 58.1 Å². The molecule has 0 fully saturated rings. The molecule has 108 valence electrons. The second-order valence-electron chi connectivity index (χ2n) is 4.39. The standard InChI is InChI=1S/C15H13BrN2O3/c1-9-3-2-4-12(14(19)20)13(9)18-15(21)17-11-7-5-10(16)6-8-11/h2-8H,1H3,(H,19,20)(H2,17,18,21). The van der Waals surface area contributed by atoms with Crippen molar-refractivity contribution in [1.82, 2.24) is 0 Å². The van der Waals surface area contributed by atoms with Crippen molar-refractivity contribution in [2.24, 2.45) is 0 Å². The van der Waals surface area contributed by atoms with Crippen molar-refractivity contribution >= 4 is 39.3 Å². The summed E-state index contributed by atoms with van der Waals surface area (Å²) in [5, 5.41) is 14.4. The third-order valence-corrected chi connectivity index (χ3v) is 3.37. The van der Waals surface area contributed by atoms with Crippen molar-refractivity contribution in [3.8, 4) is 0 Å². The summed E-state index contributed by atoms with van der Waals surface area (Å²) in [5.74, 6) is -1.09. The van der Waals surface area contributed by atoms with Gasteiger partial charge in [-0.3, -0.25) is 0 Å². The van der Waals surface area contributed by atoms with Gasteiger partial charge in [0.05, 0.1) is 11.3 Å². The molecule has 2 rings (SSSR count). The number of carbonyl (C=O) groups excluding carboxylic acids is 1. The van der Waals surface area contributed by atoms with Gasteiger partial charge in [0.2, 0.25) is 0 Å². The zero-order chi connectivity index (χ0) is 15.4. The van der Waals surface area contributed by atoms with E-state index in [1.54, 1.807) is 43.3 Å². The molecule has 0 radical (unpaired) electrons. The van der Waals surface area contributed by atoms with E-state index >= 15 is 0 Å². The first kappa shape index (κ1) is 15.1. The quantitative estimate of drug-likeness (QED) is 0.781. The Kier molecular flexibility index (Phi) is 4.59. The summed E-state index contributed by atoms with van der Waals surface area (Å²) in [7, 11) is 0. The van der Waals surface area contributed by atoms with Gasteiger partial charge in [0, 0.05) is 10.2 Å². The molecular weight excluding hydrogens is 336 g/mol. The summed E-state index contributed by atoms with van der Waals surface area (Å²) >= 11 is 3.31. The van der Waals surface area contributed by atoms with Crippen molar-refractivity contribution in [1.29, 1.82) is 0 Å². The van der Waals surface area contributed by atoms with Crippen LogP contribution in [0.5, 0.6) is 0 Å². The molecular formula is C15H13BrN2O3. The van der Waals surface area contributed by atoms with Gasteiger partial charge in [-0.1, -0.05) is 28.1 Å². The first-order chi connectivity index (χ1) is 9.97. The number of carboxylic acids is 1. The van der Waals surface area contributed by atoms with Crippen LogP contribution < -0.4 is 10.6 Å². The third kappa shape index (κ3) is 3.82. The fourth-order valence-corrected chi connectivity index (χ4v) is 2.09. The first-order valence-corrected chi connectivity index (χ1v) is 6.93. The molecule has 0 unspecified atom stereocenters. The molecule has 0 aliphatic carbocycles. The zero-order valence-electron chi connectivity index (χ0n) is 11.2. The average Bonchev–Trinajstić information content (AvgIpc) is 2.43. The summed E-state index contributed by atoms with van der Waals surface area (Å²) in [6, 6.07) is 11.4. The number of aromatic carboxylic acids is 1. The third-order valence-electron chi connectivity index (χ3n) is 2.84. The Bertz CT molecular complexity index is 684. The van der Waals surface area contributed by atoms with E-state index in [4.69, 9.17) is 5.11 Å². The number of rotatable bonds is 3. The number of hydrogen-bond donors (Lipinski definition) is 3. The molecule has 2 aromatic carbocycles. The Hall–Kier alpha value is -2.34. The number of para-hydroxylation sites is 1. The van der Waals surface area contributed by atoms with Crippen LogP contribution in [0.3, 0.4) is 0 Å². The van der Waals surface area contributed by atoms with Crippen LogP contribution in [0.2, 0.25) is 0 Å². The van der Waals surface area contributed by atoms with Crippen molar-refractivity contribution < 1.29 is 14.7 Å². The highest BCUT2D eigenvalue weighted by molar-refractivity contribution is 9.10. The minimum absolute atomic E-state index is 0.0564. The molecule has 6 heteroatoms. The molecule has 0 heterocycles. The lowest BCUT2D eigenvalue weighted by molar-refractivity contribution is 0.0698. The average molecular weight is 349 g/mol. The number of carbonyl (C=O) groups is 2. The summed E-state index contributed by atoms with van der Waals surface area (Å²) < 4.78 is 0.903. The number of hydrogen-bond acceptors (Lipinski definition) is 2. The summed E-state index contributed by atoms with van der Waals surface area (Å²) in [6.45, 7) is 1.74. The second kappa shape index (κ2) is 6.41. The van der Waals surface area contributed by atoms with Crippen LogP contribution in [0.15, 0.2) is 46.9 Å². The molecule has 5 nitrogen and oxygen atoms in total. The molecule has 0 saturated heterocycles. The second-order valence-corrected chi connectivity index (χ2v) is 5.30. The fourth-order valence-electron chi connectivity index (χ4n) is 1.82. The normalized spacial score (nSPS) is 10.0. The predicted octanol–water partition coefficient (Wildman–Crippen LogP) is 4.10. The van der Waals surface area contributed by atoms with E-state index in [1.165, 1.54) is 6.07 Å². The minimum Gasteiger partial charge on any atom is -0.478 e. The molecule has 0 aliphatic rings. The van der Waals surface area contributed by atoms with Gasteiger partial charge in [0.1, 0.15) is 0 Å². The Labute approximate surface area is 130 Å². The van der Waals surface area contributed by atoms with Crippen LogP contribution in [0.1, 0.15) is 15.9 Å². The molecule has 0 aliphatic heterocycles. The molecule has 2 amide bonds. The Morgan fingerprint density at radius 2 is 1.71 bits per heavy atom. The smallest absolute Gasteiger partial charge is 0.337 e. The maximum Gasteiger partial charge on any atom is 0.337 e. The van der Waals surface area contributed by atoms with Gasteiger partial charge in [0.25, 0.3) is 0 Å². The van der Waals surface area contributed by atoms with Crippen molar-refractivity contribution in [3.63, 3.8) is 0 Å². The topological polar surface area (TPSA) is 78.4 Å². The van der Waals surface area contributed by atoms with Crippen LogP contribution in [0.4, 0.5) is 16.2 Å². The number of aryl methyl sites for hydroxylation is 1. The highest BCUT2D eigenvalue weighted by Crippen LogP contribution is 2.21. The molecule has 2 aromatic rings. The van der Waals surface area contributed by atoms with Crippen molar-refractivity contribution in [2.45, 2.75) is 6.92 Å². The SMILES string of the molecule is Cc1cccc(C(=O)O)c1NC(=O)Nc1ccc(Br)cc1. The number of anilines is 2. The number of halogens is 1. The molecule has 0 aromatic heterocycles. The lowest BCUT2D eigenvalue weighted by atomic mass is 10.1. The Morgan fingerprint density at radius 1 is 1.05 bits per heavy atom. The largest absolute Gasteiger partial charge is 0.478 e. The zero-order valence-corrected chi connectivity index (χ0v) is 12.8. The lowest BCUT2D eigenvalue weighted by Gasteiger charge is -2.12. The van der Waals surface area contributed by atoms with Crippen LogP contribution in [-0.4, -0.2) is 17.1 Å². The van der Waals surface area contributed by atoms with E-state index in [2.05, 4.69) is 26.6 Å². The maximum atomic E-state index is 12.0. The number of nitrogens with one attached hydrogen (secondary N) is 2. The highest BCUT2D eigenvalue weighted by Gasteiger charge is 2.14. The number of benzene rings is 2. The molecule has 21 heavy (non-hydrogen) atoms. The van der Waals surface area contributed by atoms with E-state index in [1.807, 2.05) is 0 Å². The van der Waals surface area contributed by atoms with Gasteiger partial charge < -0.3 is 15.7 Å². The van der Waals surface area contributed by atoms with E-state index in [9.17, 15) is 9.59 Å². The monoisotopic (exact) mass is 348 g/mol. The van der Waals surface area contributed by atoms with Crippen LogP contribution in [0.25, 0.3) is 0 Å². The Morgan fingerprint density at radius 3 is 2.33 bits per heavy atom. The molecule has 0 bridgehead atoms. The van der Waals surface area contributed by atoms with E-state index in [0.29, 0.717) is 16.9 Å². The van der Waals surface area contributed by atoms with Gasteiger partial charge >= 0.3 is 12.0 Å². The molecule has 0 saturated carbocycles.